The second-order valence-electron chi connectivity index (χ2n) is 6.47. The number of benzene rings is 1. The fourth-order valence-electron chi connectivity index (χ4n) is 2.37. The van der Waals surface area contributed by atoms with E-state index in [9.17, 15) is 18.3 Å². The molecule has 1 heterocycles. The molecular weight excluding hydrogens is 320 g/mol. The monoisotopic (exact) mass is 340 g/mol. The van der Waals surface area contributed by atoms with Crippen LogP contribution in [0.3, 0.4) is 0 Å². The van der Waals surface area contributed by atoms with Crippen molar-refractivity contribution in [2.45, 2.75) is 17.6 Å². The minimum atomic E-state index is -3.96. The van der Waals surface area contributed by atoms with Gasteiger partial charge >= 0.3 is 0 Å². The van der Waals surface area contributed by atoms with Gasteiger partial charge in [0.2, 0.25) is 5.09 Å². The zero-order chi connectivity index (χ0) is 17.3. The van der Waals surface area contributed by atoms with Crippen LogP contribution in [0.1, 0.15) is 6.42 Å². The molecule has 0 unspecified atom stereocenters. The molecule has 1 atom stereocenters. The third kappa shape index (κ3) is 4.78. The highest BCUT2D eigenvalue weighted by Crippen LogP contribution is 2.22. The highest BCUT2D eigenvalue weighted by Gasteiger charge is 2.27. The Morgan fingerprint density at radius 3 is 2.52 bits per heavy atom. The fraction of sp³-hybridized carbons (Fsp3) is 0.400. The lowest BCUT2D eigenvalue weighted by Crippen LogP contribution is -2.50. The lowest BCUT2D eigenvalue weighted by molar-refractivity contribution is -0.871. The topological polar surface area (TPSA) is 99.4 Å². The predicted octanol–water partition coefficient (Wildman–Crippen LogP) is -0.0741. The summed E-state index contributed by atoms with van der Waals surface area (Å²) in [4.78, 5) is 10.9. The number of quaternary nitrogens is 1. The molecule has 2 aromatic rings. The van der Waals surface area contributed by atoms with Gasteiger partial charge in [0, 0.05) is 23.8 Å². The van der Waals surface area contributed by atoms with Crippen LogP contribution >= 0.6 is 0 Å². The smallest absolute Gasteiger partial charge is 0.274 e. The third-order valence-electron chi connectivity index (χ3n) is 3.17. The number of rotatable bonds is 7. The number of furan rings is 1. The van der Waals surface area contributed by atoms with Gasteiger partial charge in [0.05, 0.1) is 33.7 Å². The van der Waals surface area contributed by atoms with E-state index in [1.165, 1.54) is 6.07 Å². The van der Waals surface area contributed by atoms with Crippen LogP contribution in [0.15, 0.2) is 39.8 Å². The number of fused-ring (bicyclic) bond motifs is 1. The minimum Gasteiger partial charge on any atom is -0.550 e. The van der Waals surface area contributed by atoms with Crippen molar-refractivity contribution in [1.82, 2.24) is 4.72 Å². The molecule has 1 aromatic carbocycles. The number of aliphatic carboxylic acids is 1. The Bertz CT molecular complexity index is 772. The van der Waals surface area contributed by atoms with Gasteiger partial charge in [-0.25, -0.2) is 8.42 Å². The minimum absolute atomic E-state index is 0.233. The zero-order valence-electron chi connectivity index (χ0n) is 13.3. The van der Waals surface area contributed by atoms with Gasteiger partial charge in [-0.05, 0) is 6.07 Å². The molecule has 23 heavy (non-hydrogen) atoms. The molecule has 0 amide bonds. The number of carbonyl (C=O) groups excluding carboxylic acids is 1. The summed E-state index contributed by atoms with van der Waals surface area (Å²) in [6.45, 7) is 0.299. The van der Waals surface area contributed by atoms with Crippen LogP contribution in [0.5, 0.6) is 0 Å². The number of carboxylic acids is 1. The van der Waals surface area contributed by atoms with Crippen LogP contribution in [0.25, 0.3) is 11.0 Å². The van der Waals surface area contributed by atoms with Crippen molar-refractivity contribution < 1.29 is 27.2 Å². The van der Waals surface area contributed by atoms with Gasteiger partial charge < -0.3 is 18.8 Å². The number of hydrogen-bond donors (Lipinski definition) is 1. The molecule has 0 radical (unpaired) electrons. The molecular formula is C15H20N2O5S. The summed E-state index contributed by atoms with van der Waals surface area (Å²) >= 11 is 0. The van der Waals surface area contributed by atoms with Crippen molar-refractivity contribution in [3.05, 3.63) is 30.3 Å². The van der Waals surface area contributed by atoms with Crippen molar-refractivity contribution >= 4 is 27.0 Å². The third-order valence-corrected chi connectivity index (χ3v) is 4.55. The van der Waals surface area contributed by atoms with Gasteiger partial charge in [-0.1, -0.05) is 18.2 Å². The molecule has 126 valence electrons. The summed E-state index contributed by atoms with van der Waals surface area (Å²) in [7, 11) is 1.58. The van der Waals surface area contributed by atoms with Gasteiger partial charge in [0.1, 0.15) is 5.58 Å². The highest BCUT2D eigenvalue weighted by molar-refractivity contribution is 7.89. The van der Waals surface area contributed by atoms with Crippen molar-refractivity contribution in [3.8, 4) is 0 Å². The van der Waals surface area contributed by atoms with E-state index in [2.05, 4.69) is 4.72 Å². The van der Waals surface area contributed by atoms with E-state index in [0.717, 1.165) is 0 Å². The largest absolute Gasteiger partial charge is 0.550 e. The molecule has 1 N–H and O–H groups in total. The van der Waals surface area contributed by atoms with E-state index in [-0.39, 0.29) is 5.09 Å². The zero-order valence-corrected chi connectivity index (χ0v) is 14.1. The molecule has 0 saturated carbocycles. The maximum absolute atomic E-state index is 12.5. The average molecular weight is 340 g/mol. The van der Waals surface area contributed by atoms with Crippen molar-refractivity contribution in [1.29, 1.82) is 0 Å². The number of likely N-dealkylation sites (N-methyl/N-ethyl adjacent to an activating group) is 1. The number of sulfonamides is 1. The van der Waals surface area contributed by atoms with E-state index in [4.69, 9.17) is 4.42 Å². The number of para-hydroxylation sites is 1. The molecule has 0 bridgehead atoms. The Kier molecular flexibility index (Phi) is 4.79. The first kappa shape index (κ1) is 17.5. The predicted molar refractivity (Wildman–Crippen MR) is 82.8 cm³/mol. The standard InChI is InChI=1S/C15H20N2O5S/c1-17(2,3)10-12(9-14(18)19)16-23(20,21)15-8-11-6-4-5-7-13(11)22-15/h4-8,12,16H,9-10H2,1-3H3/t12-/m1/s1. The second kappa shape index (κ2) is 6.31. The molecule has 1 aromatic heterocycles. The summed E-state index contributed by atoms with van der Waals surface area (Å²) in [5.74, 6) is -1.31. The second-order valence-corrected chi connectivity index (χ2v) is 8.12. The summed E-state index contributed by atoms with van der Waals surface area (Å²) in [5.41, 5.74) is 0.455. The van der Waals surface area contributed by atoms with Crippen molar-refractivity contribution in [2.24, 2.45) is 0 Å². The maximum atomic E-state index is 12.5. The number of carbonyl (C=O) groups is 1. The number of hydrogen-bond acceptors (Lipinski definition) is 5. The Hall–Kier alpha value is -1.90. The number of carboxylic acid groups (broad SMARTS) is 1. The Balaban J connectivity index is 2.27. The van der Waals surface area contributed by atoms with E-state index < -0.39 is 28.5 Å². The fourth-order valence-corrected chi connectivity index (χ4v) is 3.57. The van der Waals surface area contributed by atoms with Crippen LogP contribution in [-0.4, -0.2) is 52.6 Å². The molecule has 2 rings (SSSR count). The van der Waals surface area contributed by atoms with Gasteiger partial charge in [-0.15, -0.1) is 0 Å². The first-order chi connectivity index (χ1) is 10.6. The normalized spacial score (nSPS) is 14.0. The molecule has 0 spiro atoms. The molecule has 0 fully saturated rings. The van der Waals surface area contributed by atoms with E-state index in [1.54, 1.807) is 24.3 Å². The highest BCUT2D eigenvalue weighted by atomic mass is 32.2. The van der Waals surface area contributed by atoms with Gasteiger partial charge in [-0.3, -0.25) is 0 Å². The summed E-state index contributed by atoms with van der Waals surface area (Å²) in [6.07, 6.45) is -0.408. The molecule has 0 aliphatic rings. The first-order valence-corrected chi connectivity index (χ1v) is 8.56. The van der Waals surface area contributed by atoms with Crippen LogP contribution in [0.2, 0.25) is 0 Å². The van der Waals surface area contributed by atoms with Crippen LogP contribution in [0, 0.1) is 0 Å². The molecule has 8 heteroatoms. The van der Waals surface area contributed by atoms with Crippen molar-refractivity contribution in [3.63, 3.8) is 0 Å². The van der Waals surface area contributed by atoms with Crippen LogP contribution in [-0.2, 0) is 14.8 Å². The number of nitrogens with one attached hydrogen (secondary N) is 1. The van der Waals surface area contributed by atoms with E-state index >= 15 is 0 Å². The lowest BCUT2D eigenvalue weighted by Gasteiger charge is -2.29. The van der Waals surface area contributed by atoms with Gasteiger partial charge in [0.15, 0.2) is 0 Å². The van der Waals surface area contributed by atoms with Crippen LogP contribution in [0.4, 0.5) is 0 Å². The van der Waals surface area contributed by atoms with E-state index in [0.29, 0.717) is 22.0 Å². The summed E-state index contributed by atoms with van der Waals surface area (Å²) < 4.78 is 33.1. The molecule has 0 aliphatic carbocycles. The van der Waals surface area contributed by atoms with Crippen LogP contribution < -0.4 is 9.83 Å². The summed E-state index contributed by atoms with van der Waals surface area (Å²) in [6, 6.07) is 7.54. The maximum Gasteiger partial charge on any atom is 0.274 e. The summed E-state index contributed by atoms with van der Waals surface area (Å²) in [5, 5.41) is 11.3. The Labute approximate surface area is 135 Å². The van der Waals surface area contributed by atoms with Gasteiger partial charge in [-0.2, -0.15) is 4.72 Å². The SMILES string of the molecule is C[N+](C)(C)C[C@@H](CC(=O)[O-])NS(=O)(=O)c1cc2ccccc2o1. The Morgan fingerprint density at radius 1 is 1.30 bits per heavy atom. The quantitative estimate of drug-likeness (QED) is 0.711. The Morgan fingerprint density at radius 2 is 1.96 bits per heavy atom. The van der Waals surface area contributed by atoms with Crippen molar-refractivity contribution in [2.75, 3.05) is 27.7 Å². The number of nitrogens with zero attached hydrogens (tertiary/aromatic N) is 1. The van der Waals surface area contributed by atoms with E-state index in [1.807, 2.05) is 21.1 Å². The average Bonchev–Trinajstić information content (AvgIpc) is 2.79. The lowest BCUT2D eigenvalue weighted by atomic mass is 10.2. The van der Waals surface area contributed by atoms with Gasteiger partial charge in [0.25, 0.3) is 10.0 Å². The molecule has 7 nitrogen and oxygen atoms in total. The molecule has 0 saturated heterocycles. The first-order valence-electron chi connectivity index (χ1n) is 7.08. The molecule has 0 aliphatic heterocycles.